The molecule has 4 heteroatoms. The van der Waals surface area contributed by atoms with E-state index in [1.807, 2.05) is 6.92 Å². The van der Waals surface area contributed by atoms with Crippen LogP contribution in [0.1, 0.15) is 17.3 Å². The van der Waals surface area contributed by atoms with E-state index in [0.717, 1.165) is 0 Å². The first-order valence-corrected chi connectivity index (χ1v) is 4.60. The lowest BCUT2D eigenvalue weighted by molar-refractivity contribution is 0.0922. The number of hydrogen-bond acceptors (Lipinski definition) is 3. The van der Waals surface area contributed by atoms with Gasteiger partial charge in [0.15, 0.2) is 0 Å². The van der Waals surface area contributed by atoms with Crippen molar-refractivity contribution >= 4 is 5.91 Å². The molecule has 0 unspecified atom stereocenters. The van der Waals surface area contributed by atoms with Gasteiger partial charge in [0.2, 0.25) is 0 Å². The molecule has 0 saturated carbocycles. The van der Waals surface area contributed by atoms with Gasteiger partial charge >= 0.3 is 0 Å². The first kappa shape index (κ1) is 10.7. The molecule has 0 saturated heterocycles. The molecule has 14 heavy (non-hydrogen) atoms. The second-order valence-corrected chi connectivity index (χ2v) is 2.69. The van der Waals surface area contributed by atoms with Gasteiger partial charge in [-0.1, -0.05) is 0 Å². The van der Waals surface area contributed by atoms with Crippen molar-refractivity contribution in [1.82, 2.24) is 10.3 Å². The number of amides is 1. The molecule has 0 spiro atoms. The maximum atomic E-state index is 11.4. The van der Waals surface area contributed by atoms with Crippen molar-refractivity contribution < 1.29 is 9.53 Å². The number of nitrogens with zero attached hydrogens (tertiary/aromatic N) is 1. The number of rotatable bonds is 5. The lowest BCUT2D eigenvalue weighted by Gasteiger charge is -2.04. The minimum absolute atomic E-state index is 0.113. The summed E-state index contributed by atoms with van der Waals surface area (Å²) < 4.78 is 5.09. The van der Waals surface area contributed by atoms with Gasteiger partial charge in [-0.15, -0.1) is 0 Å². The highest BCUT2D eigenvalue weighted by Crippen LogP contribution is 1.94. The van der Waals surface area contributed by atoms with Gasteiger partial charge in [0.1, 0.15) is 0 Å². The molecular weight excluding hydrogens is 180 g/mol. The summed E-state index contributed by atoms with van der Waals surface area (Å²) in [5, 5.41) is 2.73. The standard InChI is InChI=1S/C10H14N2O2/c1-2-14-7-6-12-10(13)9-4-3-5-11-8-9/h3-5,8H,2,6-7H2,1H3,(H,12,13). The fourth-order valence-corrected chi connectivity index (χ4v) is 0.980. The Balaban J connectivity index is 2.29. The zero-order chi connectivity index (χ0) is 10.2. The van der Waals surface area contributed by atoms with Crippen molar-refractivity contribution in [3.05, 3.63) is 30.1 Å². The molecule has 0 aromatic carbocycles. The first-order valence-electron chi connectivity index (χ1n) is 4.60. The molecule has 1 amide bonds. The van der Waals surface area contributed by atoms with E-state index in [4.69, 9.17) is 4.74 Å². The Labute approximate surface area is 83.3 Å². The molecule has 0 atom stereocenters. The predicted molar refractivity (Wildman–Crippen MR) is 53.1 cm³/mol. The lowest BCUT2D eigenvalue weighted by Crippen LogP contribution is -2.27. The SMILES string of the molecule is CCOCCNC(=O)c1cccnc1. The molecule has 1 aromatic rings. The minimum Gasteiger partial charge on any atom is -0.380 e. The van der Waals surface area contributed by atoms with Crippen molar-refractivity contribution in [3.63, 3.8) is 0 Å². The highest BCUT2D eigenvalue weighted by atomic mass is 16.5. The van der Waals surface area contributed by atoms with E-state index in [9.17, 15) is 4.79 Å². The van der Waals surface area contributed by atoms with Crippen LogP contribution in [0.2, 0.25) is 0 Å². The fraction of sp³-hybridized carbons (Fsp3) is 0.400. The molecule has 1 rings (SSSR count). The topological polar surface area (TPSA) is 51.2 Å². The number of carbonyl (C=O) groups is 1. The summed E-state index contributed by atoms with van der Waals surface area (Å²) in [6, 6.07) is 3.46. The summed E-state index contributed by atoms with van der Waals surface area (Å²) >= 11 is 0. The Morgan fingerprint density at radius 2 is 2.50 bits per heavy atom. The van der Waals surface area contributed by atoms with Crippen LogP contribution in [0, 0.1) is 0 Å². The maximum Gasteiger partial charge on any atom is 0.252 e. The highest BCUT2D eigenvalue weighted by Gasteiger charge is 2.02. The number of carbonyl (C=O) groups excluding carboxylic acids is 1. The summed E-state index contributed by atoms with van der Waals surface area (Å²) in [6.07, 6.45) is 3.17. The Morgan fingerprint density at radius 1 is 1.64 bits per heavy atom. The molecule has 0 aliphatic rings. The number of aromatic nitrogens is 1. The summed E-state index contributed by atoms with van der Waals surface area (Å²) in [5.74, 6) is -0.113. The molecule has 0 fully saturated rings. The van der Waals surface area contributed by atoms with Crippen molar-refractivity contribution in [2.75, 3.05) is 19.8 Å². The number of pyridine rings is 1. The van der Waals surface area contributed by atoms with Gasteiger partial charge in [0.05, 0.1) is 12.2 Å². The van der Waals surface area contributed by atoms with Gasteiger partial charge in [-0.2, -0.15) is 0 Å². The van der Waals surface area contributed by atoms with E-state index < -0.39 is 0 Å². The van der Waals surface area contributed by atoms with E-state index >= 15 is 0 Å². The molecule has 4 nitrogen and oxygen atoms in total. The van der Waals surface area contributed by atoms with Crippen LogP contribution >= 0.6 is 0 Å². The minimum atomic E-state index is -0.113. The van der Waals surface area contributed by atoms with Crippen LogP contribution in [0.3, 0.4) is 0 Å². The zero-order valence-electron chi connectivity index (χ0n) is 8.19. The predicted octanol–water partition coefficient (Wildman–Crippen LogP) is 0.848. The van der Waals surface area contributed by atoms with E-state index in [2.05, 4.69) is 10.3 Å². The molecule has 0 radical (unpaired) electrons. The molecule has 1 N–H and O–H groups in total. The van der Waals surface area contributed by atoms with Gasteiger partial charge in [-0.3, -0.25) is 9.78 Å². The molecule has 0 aliphatic heterocycles. The van der Waals surface area contributed by atoms with Crippen molar-refractivity contribution in [1.29, 1.82) is 0 Å². The van der Waals surface area contributed by atoms with Crippen LogP contribution in [0.25, 0.3) is 0 Å². The average molecular weight is 194 g/mol. The molecule has 76 valence electrons. The summed E-state index contributed by atoms with van der Waals surface area (Å²) in [7, 11) is 0. The lowest BCUT2D eigenvalue weighted by atomic mass is 10.3. The Hall–Kier alpha value is -1.42. The fourth-order valence-electron chi connectivity index (χ4n) is 0.980. The van der Waals surface area contributed by atoms with Gasteiger partial charge in [0.25, 0.3) is 5.91 Å². The van der Waals surface area contributed by atoms with Crippen molar-refractivity contribution in [2.45, 2.75) is 6.92 Å². The molecule has 0 aliphatic carbocycles. The van der Waals surface area contributed by atoms with Crippen LogP contribution in [0.4, 0.5) is 0 Å². The third-order valence-corrected chi connectivity index (χ3v) is 1.66. The van der Waals surface area contributed by atoms with Crippen LogP contribution in [-0.4, -0.2) is 30.6 Å². The zero-order valence-corrected chi connectivity index (χ0v) is 8.19. The summed E-state index contributed by atoms with van der Waals surface area (Å²) in [4.78, 5) is 15.3. The maximum absolute atomic E-state index is 11.4. The Morgan fingerprint density at radius 3 is 3.14 bits per heavy atom. The van der Waals surface area contributed by atoms with Gasteiger partial charge < -0.3 is 10.1 Å². The van der Waals surface area contributed by atoms with Crippen molar-refractivity contribution in [2.24, 2.45) is 0 Å². The quantitative estimate of drug-likeness (QED) is 0.707. The molecule has 0 bridgehead atoms. The third-order valence-electron chi connectivity index (χ3n) is 1.66. The second kappa shape index (κ2) is 6.10. The number of ether oxygens (including phenoxy) is 1. The van der Waals surface area contributed by atoms with Gasteiger partial charge in [-0.25, -0.2) is 0 Å². The molecule has 1 aromatic heterocycles. The van der Waals surface area contributed by atoms with E-state index in [-0.39, 0.29) is 5.91 Å². The monoisotopic (exact) mass is 194 g/mol. The highest BCUT2D eigenvalue weighted by molar-refractivity contribution is 5.93. The molecular formula is C10H14N2O2. The normalized spacial score (nSPS) is 9.79. The third kappa shape index (κ3) is 3.53. The average Bonchev–Trinajstić information content (AvgIpc) is 2.25. The number of hydrogen-bond donors (Lipinski definition) is 1. The summed E-state index contributed by atoms with van der Waals surface area (Å²) in [5.41, 5.74) is 0.573. The number of nitrogens with one attached hydrogen (secondary N) is 1. The van der Waals surface area contributed by atoms with Crippen molar-refractivity contribution in [3.8, 4) is 0 Å². The van der Waals surface area contributed by atoms with Crippen LogP contribution < -0.4 is 5.32 Å². The van der Waals surface area contributed by atoms with Crippen LogP contribution in [0.15, 0.2) is 24.5 Å². The second-order valence-electron chi connectivity index (χ2n) is 2.69. The molecule has 1 heterocycles. The van der Waals surface area contributed by atoms with Crippen LogP contribution in [-0.2, 0) is 4.74 Å². The smallest absolute Gasteiger partial charge is 0.252 e. The Bertz CT molecular complexity index is 275. The van der Waals surface area contributed by atoms with E-state index in [1.54, 1.807) is 18.3 Å². The van der Waals surface area contributed by atoms with E-state index in [0.29, 0.717) is 25.3 Å². The first-order chi connectivity index (χ1) is 6.84. The van der Waals surface area contributed by atoms with Crippen LogP contribution in [0.5, 0.6) is 0 Å². The Kier molecular flexibility index (Phi) is 4.64. The summed E-state index contributed by atoms with van der Waals surface area (Å²) in [6.45, 7) is 3.66. The largest absolute Gasteiger partial charge is 0.380 e. The van der Waals surface area contributed by atoms with Gasteiger partial charge in [0, 0.05) is 25.5 Å². The van der Waals surface area contributed by atoms with E-state index in [1.165, 1.54) is 6.20 Å². The van der Waals surface area contributed by atoms with Gasteiger partial charge in [-0.05, 0) is 19.1 Å².